The minimum atomic E-state index is 0.609. The molecule has 1 aliphatic heterocycles. The van der Waals surface area contributed by atoms with Gasteiger partial charge < -0.3 is 14.0 Å². The number of aryl methyl sites for hydroxylation is 3. The number of benzene rings is 8. The highest BCUT2D eigenvalue weighted by molar-refractivity contribution is 6.11. The third-order valence-electron chi connectivity index (χ3n) is 13.0. The molecule has 4 heterocycles. The maximum atomic E-state index is 5.14. The van der Waals surface area contributed by atoms with Gasteiger partial charge in [0.05, 0.1) is 34.5 Å². The molecule has 0 spiro atoms. The van der Waals surface area contributed by atoms with Crippen LogP contribution in [0.15, 0.2) is 219 Å². The Morgan fingerprint density at radius 2 is 1.06 bits per heavy atom. The standard InChI is InChI=1S/C36H28N4.C26H21N/c1-25-21-22-31-30-18-10-12-20-33(30)40(28-15-7-4-8-16-28)34(31)24-39(32-19-11-9-17-29(25)32)35-23-26(2)37-36(38-35)27-13-5-3-6-14-27;1-18-10-6-7-13-21(18)22-16-17-24-23-14-8-9-15-25(23)27(26(24)19(22)2)20-11-4-3-5-12-20/h3-23H,1,24H2,2H3;3-17H,1-2H3/b22-21-;. The molecule has 0 saturated carbocycles. The van der Waals surface area contributed by atoms with Gasteiger partial charge in [0, 0.05) is 56.0 Å². The summed E-state index contributed by atoms with van der Waals surface area (Å²) in [5, 5.41) is 3.82. The molecule has 0 fully saturated rings. The first kappa shape index (κ1) is 41.2. The van der Waals surface area contributed by atoms with Crippen molar-refractivity contribution in [2.75, 3.05) is 4.90 Å². The molecule has 0 amide bonds. The fourth-order valence-corrected chi connectivity index (χ4v) is 9.87. The fourth-order valence-electron chi connectivity index (χ4n) is 9.87. The Bertz CT molecular complexity index is 3650. The van der Waals surface area contributed by atoms with Gasteiger partial charge in [0.15, 0.2) is 5.82 Å². The second-order valence-corrected chi connectivity index (χ2v) is 17.2. The molecule has 11 aromatic rings. The molecule has 0 saturated heterocycles. The Morgan fingerprint density at radius 1 is 0.478 bits per heavy atom. The molecule has 0 atom stereocenters. The molecule has 12 rings (SSSR count). The van der Waals surface area contributed by atoms with E-state index in [2.05, 4.69) is 235 Å². The van der Waals surface area contributed by atoms with Crippen LogP contribution in [-0.2, 0) is 6.54 Å². The molecule has 8 aromatic carbocycles. The van der Waals surface area contributed by atoms with E-state index in [0.717, 1.165) is 39.6 Å². The zero-order chi connectivity index (χ0) is 45.4. The molecule has 0 aliphatic carbocycles. The summed E-state index contributed by atoms with van der Waals surface area (Å²) in [5.74, 6) is 1.57. The monoisotopic (exact) mass is 863 g/mol. The molecule has 322 valence electrons. The second-order valence-electron chi connectivity index (χ2n) is 17.2. The molecule has 0 bridgehead atoms. The molecule has 5 nitrogen and oxygen atoms in total. The predicted octanol–water partition coefficient (Wildman–Crippen LogP) is 15.8. The summed E-state index contributed by atoms with van der Waals surface area (Å²) in [5.41, 5.74) is 18.7. The zero-order valence-corrected chi connectivity index (χ0v) is 37.9. The summed E-state index contributed by atoms with van der Waals surface area (Å²) < 4.78 is 4.78. The van der Waals surface area contributed by atoms with Crippen LogP contribution in [0.25, 0.3) is 78.2 Å². The lowest BCUT2D eigenvalue weighted by Gasteiger charge is -2.28. The number of rotatable bonds is 5. The minimum absolute atomic E-state index is 0.609. The van der Waals surface area contributed by atoms with Crippen molar-refractivity contribution in [3.63, 3.8) is 0 Å². The number of aromatic nitrogens is 4. The van der Waals surface area contributed by atoms with E-state index in [4.69, 9.17) is 9.97 Å². The molecule has 1 aliphatic rings. The first-order valence-corrected chi connectivity index (χ1v) is 22.9. The van der Waals surface area contributed by atoms with Crippen molar-refractivity contribution in [3.8, 4) is 33.9 Å². The van der Waals surface area contributed by atoms with Gasteiger partial charge in [0.2, 0.25) is 0 Å². The van der Waals surface area contributed by atoms with Crippen molar-refractivity contribution in [2.45, 2.75) is 27.3 Å². The normalized spacial score (nSPS) is 12.8. The van der Waals surface area contributed by atoms with Gasteiger partial charge in [-0.1, -0.05) is 176 Å². The maximum Gasteiger partial charge on any atom is 0.161 e. The van der Waals surface area contributed by atoms with Gasteiger partial charge in [0.1, 0.15) is 5.82 Å². The van der Waals surface area contributed by atoms with Crippen molar-refractivity contribution >= 4 is 55.9 Å². The minimum Gasteiger partial charge on any atom is -0.320 e. The summed E-state index contributed by atoms with van der Waals surface area (Å²) >= 11 is 0. The second kappa shape index (κ2) is 17.4. The molecule has 67 heavy (non-hydrogen) atoms. The SMILES string of the molecule is C=C1/C=C\c2c(n(-c3ccccc3)c3ccccc23)CN(c2cc(C)nc(-c3ccccc3)n2)c2ccccc21.Cc1ccccc1-c1ccc2c3ccccc3n(-c3ccccc3)c2c1C. The number of hydrogen-bond donors (Lipinski definition) is 0. The van der Waals surface area contributed by atoms with Gasteiger partial charge in [-0.3, -0.25) is 0 Å². The lowest BCUT2D eigenvalue weighted by atomic mass is 9.95. The van der Waals surface area contributed by atoms with Crippen LogP contribution in [0, 0.1) is 20.8 Å². The number of para-hydroxylation sites is 5. The zero-order valence-electron chi connectivity index (χ0n) is 37.9. The summed E-state index contributed by atoms with van der Waals surface area (Å²) in [6, 6.07) is 72.5. The molecule has 0 N–H and O–H groups in total. The Hall–Kier alpha value is -8.54. The van der Waals surface area contributed by atoms with Crippen LogP contribution >= 0.6 is 0 Å². The van der Waals surface area contributed by atoms with Crippen molar-refractivity contribution < 1.29 is 0 Å². The first-order chi connectivity index (χ1) is 32.9. The number of allylic oxidation sites excluding steroid dienone is 2. The number of hydrogen-bond acceptors (Lipinski definition) is 3. The van der Waals surface area contributed by atoms with Gasteiger partial charge >= 0.3 is 0 Å². The Morgan fingerprint density at radius 3 is 1.78 bits per heavy atom. The van der Waals surface area contributed by atoms with E-state index < -0.39 is 0 Å². The lowest BCUT2D eigenvalue weighted by Crippen LogP contribution is -2.22. The highest BCUT2D eigenvalue weighted by Crippen LogP contribution is 2.41. The van der Waals surface area contributed by atoms with Gasteiger partial charge in [0.25, 0.3) is 0 Å². The van der Waals surface area contributed by atoms with E-state index in [-0.39, 0.29) is 0 Å². The fraction of sp³-hybridized carbons (Fsp3) is 0.0645. The number of fused-ring (bicyclic) bond motifs is 7. The molecular formula is C62H49N5. The van der Waals surface area contributed by atoms with Crippen molar-refractivity contribution in [3.05, 3.63) is 253 Å². The first-order valence-electron chi connectivity index (χ1n) is 22.9. The van der Waals surface area contributed by atoms with Gasteiger partial charge in [-0.25, -0.2) is 9.97 Å². The molecule has 5 heteroatoms. The number of nitrogens with zero attached hydrogens (tertiary/aromatic N) is 5. The molecule has 0 unspecified atom stereocenters. The molecule has 0 radical (unpaired) electrons. The highest BCUT2D eigenvalue weighted by atomic mass is 15.2. The smallest absolute Gasteiger partial charge is 0.161 e. The van der Waals surface area contributed by atoms with Gasteiger partial charge in [-0.05, 0) is 91.1 Å². The van der Waals surface area contributed by atoms with Crippen LogP contribution in [-0.4, -0.2) is 19.1 Å². The van der Waals surface area contributed by atoms with Crippen LogP contribution in [0.5, 0.6) is 0 Å². The molecular weight excluding hydrogens is 815 g/mol. The van der Waals surface area contributed by atoms with Crippen LogP contribution in [0.2, 0.25) is 0 Å². The van der Waals surface area contributed by atoms with Gasteiger partial charge in [-0.15, -0.1) is 0 Å². The van der Waals surface area contributed by atoms with Crippen molar-refractivity contribution in [2.24, 2.45) is 0 Å². The Kier molecular flexibility index (Phi) is 10.7. The van der Waals surface area contributed by atoms with E-state index >= 15 is 0 Å². The van der Waals surface area contributed by atoms with Gasteiger partial charge in [-0.2, -0.15) is 0 Å². The maximum absolute atomic E-state index is 5.14. The van der Waals surface area contributed by atoms with E-state index in [1.165, 1.54) is 71.9 Å². The third kappa shape index (κ3) is 7.50. The summed E-state index contributed by atoms with van der Waals surface area (Å²) in [6.45, 7) is 11.6. The average molecular weight is 864 g/mol. The van der Waals surface area contributed by atoms with E-state index in [9.17, 15) is 0 Å². The van der Waals surface area contributed by atoms with Crippen LogP contribution in [0.4, 0.5) is 11.5 Å². The van der Waals surface area contributed by atoms with E-state index in [0.29, 0.717) is 12.4 Å². The topological polar surface area (TPSA) is 38.9 Å². The summed E-state index contributed by atoms with van der Waals surface area (Å²) in [4.78, 5) is 12.3. The predicted molar refractivity (Wildman–Crippen MR) is 282 cm³/mol. The average Bonchev–Trinajstić information content (AvgIpc) is 3.90. The quantitative estimate of drug-likeness (QED) is 0.173. The van der Waals surface area contributed by atoms with Crippen LogP contribution < -0.4 is 4.90 Å². The largest absolute Gasteiger partial charge is 0.320 e. The van der Waals surface area contributed by atoms with E-state index in [1.807, 2.05) is 25.1 Å². The van der Waals surface area contributed by atoms with Crippen LogP contribution in [0.3, 0.4) is 0 Å². The lowest BCUT2D eigenvalue weighted by molar-refractivity contribution is 0.867. The highest BCUT2D eigenvalue weighted by Gasteiger charge is 2.25. The summed E-state index contributed by atoms with van der Waals surface area (Å²) in [6.07, 6.45) is 4.36. The van der Waals surface area contributed by atoms with Crippen molar-refractivity contribution in [1.82, 2.24) is 19.1 Å². The summed E-state index contributed by atoms with van der Waals surface area (Å²) in [7, 11) is 0. The van der Waals surface area contributed by atoms with E-state index in [1.54, 1.807) is 0 Å². The Labute approximate surface area is 391 Å². The number of anilines is 2. The third-order valence-corrected chi connectivity index (χ3v) is 13.0. The molecule has 3 aromatic heterocycles. The van der Waals surface area contributed by atoms with Crippen molar-refractivity contribution in [1.29, 1.82) is 0 Å². The van der Waals surface area contributed by atoms with Crippen LogP contribution in [0.1, 0.15) is 33.6 Å². The Balaban J connectivity index is 0.000000159.